The van der Waals surface area contributed by atoms with Crippen LogP contribution >= 0.6 is 0 Å². The normalized spacial score (nSPS) is 12.0. The number of ether oxygens (including phenoxy) is 1. The summed E-state index contributed by atoms with van der Waals surface area (Å²) in [6, 6.07) is 6.19. The monoisotopic (exact) mass is 414 g/mol. The molecule has 9 nitrogen and oxygen atoms in total. The lowest BCUT2D eigenvalue weighted by atomic mass is 9.96. The second-order valence-electron chi connectivity index (χ2n) is 7.10. The molecule has 0 saturated carbocycles. The SMILES string of the molecule is COc1cc(Cc2c(-c3nnn(C[C@H](C)CO)n3)cc(C)nc2C(N)=O)ccc1F. The van der Waals surface area contributed by atoms with Crippen molar-refractivity contribution in [3.8, 4) is 17.1 Å². The molecule has 1 aromatic carbocycles. The van der Waals surface area contributed by atoms with Gasteiger partial charge in [-0.2, -0.15) is 4.80 Å². The standard InChI is InChI=1S/C20H23FN6O3/c1-11(10-28)9-27-25-20(24-26-27)15-6-12(2)23-18(19(22)29)14(15)7-13-4-5-16(21)17(8-13)30-3/h4-6,8,11,28H,7,9-10H2,1-3H3,(H2,22,29)/t11-/m0/s1. The minimum absolute atomic E-state index is 0.00525. The minimum atomic E-state index is -0.690. The maximum absolute atomic E-state index is 13.8. The Balaban J connectivity index is 2.08. The van der Waals surface area contributed by atoms with Crippen molar-refractivity contribution >= 4 is 5.91 Å². The molecule has 3 rings (SSSR count). The Kier molecular flexibility index (Phi) is 6.36. The van der Waals surface area contributed by atoms with Crippen molar-refractivity contribution in [1.29, 1.82) is 0 Å². The molecule has 0 unspecified atom stereocenters. The van der Waals surface area contributed by atoms with Gasteiger partial charge in [0.05, 0.1) is 13.7 Å². The molecular formula is C20H23FN6O3. The summed E-state index contributed by atoms with van der Waals surface area (Å²) >= 11 is 0. The zero-order valence-electron chi connectivity index (χ0n) is 17.0. The number of aliphatic hydroxyl groups excluding tert-OH is 1. The van der Waals surface area contributed by atoms with Crippen LogP contribution in [0.3, 0.4) is 0 Å². The minimum Gasteiger partial charge on any atom is -0.494 e. The predicted molar refractivity (Wildman–Crippen MR) is 106 cm³/mol. The fourth-order valence-corrected chi connectivity index (χ4v) is 3.07. The number of hydrogen-bond donors (Lipinski definition) is 2. The number of benzene rings is 1. The van der Waals surface area contributed by atoms with Crippen molar-refractivity contribution in [1.82, 2.24) is 25.2 Å². The molecule has 158 valence electrons. The molecular weight excluding hydrogens is 391 g/mol. The summed E-state index contributed by atoms with van der Waals surface area (Å²) in [4.78, 5) is 17.8. The van der Waals surface area contributed by atoms with Gasteiger partial charge < -0.3 is 15.6 Å². The van der Waals surface area contributed by atoms with E-state index < -0.39 is 11.7 Å². The molecule has 30 heavy (non-hydrogen) atoms. The van der Waals surface area contributed by atoms with E-state index in [4.69, 9.17) is 10.5 Å². The van der Waals surface area contributed by atoms with E-state index in [1.807, 2.05) is 6.92 Å². The highest BCUT2D eigenvalue weighted by molar-refractivity contribution is 5.94. The number of primary amides is 1. The van der Waals surface area contributed by atoms with Crippen LogP contribution in [0.25, 0.3) is 11.4 Å². The van der Waals surface area contributed by atoms with E-state index in [0.29, 0.717) is 34.8 Å². The number of aliphatic hydroxyl groups is 1. The Bertz CT molecular complexity index is 1070. The van der Waals surface area contributed by atoms with Crippen LogP contribution in [-0.2, 0) is 13.0 Å². The number of rotatable bonds is 8. The topological polar surface area (TPSA) is 129 Å². The molecule has 0 spiro atoms. The number of aryl methyl sites for hydroxylation is 1. The number of pyridine rings is 1. The number of carbonyl (C=O) groups excluding carboxylic acids is 1. The molecule has 0 aliphatic rings. The van der Waals surface area contributed by atoms with Crippen molar-refractivity contribution < 1.29 is 19.0 Å². The van der Waals surface area contributed by atoms with Crippen LogP contribution in [0.5, 0.6) is 5.75 Å². The third-order valence-electron chi connectivity index (χ3n) is 4.56. The zero-order valence-corrected chi connectivity index (χ0v) is 17.0. The number of carbonyl (C=O) groups is 1. The van der Waals surface area contributed by atoms with Gasteiger partial charge in [-0.1, -0.05) is 13.0 Å². The van der Waals surface area contributed by atoms with E-state index in [1.165, 1.54) is 18.0 Å². The van der Waals surface area contributed by atoms with Gasteiger partial charge in [0.2, 0.25) is 5.82 Å². The van der Waals surface area contributed by atoms with Gasteiger partial charge in [-0.25, -0.2) is 9.37 Å². The predicted octanol–water partition coefficient (Wildman–Crippen LogP) is 1.51. The number of amides is 1. The molecule has 0 fully saturated rings. The Morgan fingerprint density at radius 2 is 2.13 bits per heavy atom. The summed E-state index contributed by atoms with van der Waals surface area (Å²) in [6.07, 6.45) is 0.235. The van der Waals surface area contributed by atoms with E-state index in [1.54, 1.807) is 25.1 Å². The highest BCUT2D eigenvalue weighted by atomic mass is 19.1. The first kappa shape index (κ1) is 21.3. The molecule has 0 saturated heterocycles. The molecule has 10 heteroatoms. The molecule has 1 atom stereocenters. The second-order valence-corrected chi connectivity index (χ2v) is 7.10. The van der Waals surface area contributed by atoms with Gasteiger partial charge in [-0.15, -0.1) is 10.2 Å². The smallest absolute Gasteiger partial charge is 0.267 e. The van der Waals surface area contributed by atoms with Crippen molar-refractivity contribution in [3.63, 3.8) is 0 Å². The number of tetrazole rings is 1. The molecule has 2 aromatic heterocycles. The summed E-state index contributed by atoms with van der Waals surface area (Å²) in [7, 11) is 1.38. The highest BCUT2D eigenvalue weighted by Gasteiger charge is 2.21. The fraction of sp³-hybridized carbons (Fsp3) is 0.350. The van der Waals surface area contributed by atoms with Gasteiger partial charge >= 0.3 is 0 Å². The molecule has 0 aliphatic heterocycles. The lowest BCUT2D eigenvalue weighted by Gasteiger charge is -2.13. The summed E-state index contributed by atoms with van der Waals surface area (Å²) < 4.78 is 18.8. The van der Waals surface area contributed by atoms with Gasteiger partial charge in [0.1, 0.15) is 5.69 Å². The van der Waals surface area contributed by atoms with Gasteiger partial charge in [0.15, 0.2) is 11.6 Å². The summed E-state index contributed by atoms with van der Waals surface area (Å²) in [5, 5.41) is 21.7. The second kappa shape index (κ2) is 8.95. The number of nitrogens with two attached hydrogens (primary N) is 1. The van der Waals surface area contributed by atoms with Crippen molar-refractivity contribution in [2.24, 2.45) is 11.7 Å². The Hall–Kier alpha value is -3.40. The number of halogens is 1. The van der Waals surface area contributed by atoms with E-state index in [9.17, 15) is 14.3 Å². The van der Waals surface area contributed by atoms with Crippen molar-refractivity contribution in [2.75, 3.05) is 13.7 Å². The van der Waals surface area contributed by atoms with Crippen LogP contribution in [0.1, 0.15) is 34.2 Å². The van der Waals surface area contributed by atoms with Crippen molar-refractivity contribution in [3.05, 3.63) is 52.6 Å². The summed E-state index contributed by atoms with van der Waals surface area (Å²) in [6.45, 7) is 3.98. The van der Waals surface area contributed by atoms with Crippen LogP contribution in [0.2, 0.25) is 0 Å². The average molecular weight is 414 g/mol. The average Bonchev–Trinajstić information content (AvgIpc) is 3.18. The zero-order chi connectivity index (χ0) is 21.8. The highest BCUT2D eigenvalue weighted by Crippen LogP contribution is 2.28. The maximum atomic E-state index is 13.8. The Morgan fingerprint density at radius 1 is 1.37 bits per heavy atom. The lowest BCUT2D eigenvalue weighted by Crippen LogP contribution is -2.18. The van der Waals surface area contributed by atoms with Crippen LogP contribution in [0, 0.1) is 18.7 Å². The largest absolute Gasteiger partial charge is 0.494 e. The number of methoxy groups -OCH3 is 1. The Labute approximate surface area is 172 Å². The number of nitrogens with zero attached hydrogens (tertiary/aromatic N) is 5. The van der Waals surface area contributed by atoms with Crippen LogP contribution in [-0.4, -0.2) is 49.9 Å². The van der Waals surface area contributed by atoms with E-state index in [0.717, 1.165) is 0 Å². The van der Waals surface area contributed by atoms with Gasteiger partial charge in [0, 0.05) is 30.2 Å². The first-order valence-corrected chi connectivity index (χ1v) is 9.34. The third kappa shape index (κ3) is 4.60. The summed E-state index contributed by atoms with van der Waals surface area (Å²) in [5.74, 6) is -0.820. The van der Waals surface area contributed by atoms with Crippen molar-refractivity contribution in [2.45, 2.75) is 26.8 Å². The molecule has 0 radical (unpaired) electrons. The fourth-order valence-electron chi connectivity index (χ4n) is 3.07. The maximum Gasteiger partial charge on any atom is 0.267 e. The molecule has 1 amide bonds. The Morgan fingerprint density at radius 3 is 2.80 bits per heavy atom. The quantitative estimate of drug-likeness (QED) is 0.571. The van der Waals surface area contributed by atoms with E-state index in [2.05, 4.69) is 20.4 Å². The first-order chi connectivity index (χ1) is 14.3. The molecule has 2 heterocycles. The lowest BCUT2D eigenvalue weighted by molar-refractivity contribution is 0.0994. The van der Waals surface area contributed by atoms with Gasteiger partial charge in [-0.3, -0.25) is 4.79 Å². The van der Waals surface area contributed by atoms with E-state index >= 15 is 0 Å². The van der Waals surface area contributed by atoms with Crippen LogP contribution < -0.4 is 10.5 Å². The number of hydrogen-bond acceptors (Lipinski definition) is 7. The van der Waals surface area contributed by atoms with Crippen LogP contribution in [0.4, 0.5) is 4.39 Å². The summed E-state index contributed by atoms with van der Waals surface area (Å²) in [5.41, 5.74) is 8.00. The molecule has 0 aliphatic carbocycles. The van der Waals surface area contributed by atoms with Gasteiger partial charge in [0.25, 0.3) is 5.91 Å². The van der Waals surface area contributed by atoms with E-state index in [-0.39, 0.29) is 30.4 Å². The van der Waals surface area contributed by atoms with Crippen LogP contribution in [0.15, 0.2) is 24.3 Å². The third-order valence-corrected chi connectivity index (χ3v) is 4.56. The number of aromatic nitrogens is 5. The first-order valence-electron chi connectivity index (χ1n) is 9.34. The van der Waals surface area contributed by atoms with Gasteiger partial charge in [-0.05, 0) is 41.5 Å². The molecule has 3 N–H and O–H groups in total. The molecule has 3 aromatic rings. The molecule has 0 bridgehead atoms.